The van der Waals surface area contributed by atoms with Crippen LogP contribution in [0.4, 0.5) is 0 Å². The molecular weight excluding hydrogens is 446 g/mol. The Bertz CT molecular complexity index is 893. The van der Waals surface area contributed by atoms with Crippen LogP contribution in [0.3, 0.4) is 0 Å². The van der Waals surface area contributed by atoms with Crippen molar-refractivity contribution in [3.8, 4) is 5.75 Å². The number of para-hydroxylation sites is 1. The molecule has 3 amide bonds. The van der Waals surface area contributed by atoms with Gasteiger partial charge >= 0.3 is 0 Å². The highest BCUT2D eigenvalue weighted by Gasteiger charge is 2.44. The second kappa shape index (κ2) is 11.9. The van der Waals surface area contributed by atoms with Gasteiger partial charge in [-0.25, -0.2) is 0 Å². The number of hydrogen-bond acceptors (Lipinski definition) is 5. The maximum atomic E-state index is 13.9. The quantitative estimate of drug-likeness (QED) is 0.593. The monoisotopic (exact) mass is 485 g/mol. The molecule has 3 aliphatic rings. The molecule has 35 heavy (non-hydrogen) atoms. The van der Waals surface area contributed by atoms with Gasteiger partial charge in [0.15, 0.2) is 0 Å². The first kappa shape index (κ1) is 25.5. The topological polar surface area (TPSA) is 79.4 Å². The first-order valence-electron chi connectivity index (χ1n) is 13.1. The van der Waals surface area contributed by atoms with Crippen molar-refractivity contribution in [3.63, 3.8) is 0 Å². The number of unbranched alkanes of at least 4 members (excludes halogenated alkanes) is 1. The molecule has 1 aromatic rings. The maximum Gasteiger partial charge on any atom is 0.228 e. The number of amides is 3. The lowest BCUT2D eigenvalue weighted by molar-refractivity contribution is -0.151. The van der Waals surface area contributed by atoms with Crippen LogP contribution < -0.4 is 4.74 Å². The second-order valence-electron chi connectivity index (χ2n) is 9.81. The number of nitrogens with zero attached hydrogens (tertiary/aromatic N) is 3. The van der Waals surface area contributed by atoms with Crippen LogP contribution in [0.1, 0.15) is 57.1 Å². The van der Waals surface area contributed by atoms with E-state index >= 15 is 0 Å². The van der Waals surface area contributed by atoms with Crippen molar-refractivity contribution in [2.24, 2.45) is 11.8 Å². The molecule has 4 rings (SSSR count). The van der Waals surface area contributed by atoms with Gasteiger partial charge in [-0.3, -0.25) is 14.4 Å². The van der Waals surface area contributed by atoms with Gasteiger partial charge in [0, 0.05) is 50.6 Å². The summed E-state index contributed by atoms with van der Waals surface area (Å²) in [7, 11) is 1.63. The van der Waals surface area contributed by atoms with Crippen LogP contribution in [0.2, 0.25) is 0 Å². The number of rotatable bonds is 7. The third-order valence-corrected chi connectivity index (χ3v) is 7.71. The van der Waals surface area contributed by atoms with Crippen molar-refractivity contribution < 1.29 is 23.9 Å². The Morgan fingerprint density at radius 2 is 1.69 bits per heavy atom. The van der Waals surface area contributed by atoms with Crippen molar-refractivity contribution in [1.82, 2.24) is 14.7 Å². The second-order valence-corrected chi connectivity index (χ2v) is 9.81. The zero-order valence-corrected chi connectivity index (χ0v) is 21.1. The number of piperidine rings is 2. The van der Waals surface area contributed by atoms with Gasteiger partial charge in [-0.1, -0.05) is 31.5 Å². The molecule has 1 aromatic carbocycles. The van der Waals surface area contributed by atoms with Crippen LogP contribution in [0.5, 0.6) is 5.75 Å². The summed E-state index contributed by atoms with van der Waals surface area (Å²) in [4.78, 5) is 45.5. The summed E-state index contributed by atoms with van der Waals surface area (Å²) in [6.45, 7) is 6.42. The Morgan fingerprint density at radius 3 is 2.37 bits per heavy atom. The molecule has 0 aromatic heterocycles. The molecule has 0 bridgehead atoms. The van der Waals surface area contributed by atoms with Gasteiger partial charge in [0.05, 0.1) is 32.3 Å². The van der Waals surface area contributed by atoms with E-state index in [-0.39, 0.29) is 35.6 Å². The fourth-order valence-corrected chi connectivity index (χ4v) is 5.72. The number of ether oxygens (including phenoxy) is 2. The van der Waals surface area contributed by atoms with Gasteiger partial charge in [0.25, 0.3) is 0 Å². The molecule has 0 N–H and O–H groups in total. The van der Waals surface area contributed by atoms with Crippen molar-refractivity contribution in [2.75, 3.05) is 53.0 Å². The first-order valence-corrected chi connectivity index (χ1v) is 13.1. The summed E-state index contributed by atoms with van der Waals surface area (Å²) >= 11 is 0. The van der Waals surface area contributed by atoms with Gasteiger partial charge in [-0.2, -0.15) is 0 Å². The van der Waals surface area contributed by atoms with Crippen LogP contribution in [-0.4, -0.2) is 85.5 Å². The molecule has 0 radical (unpaired) electrons. The molecule has 0 aliphatic carbocycles. The van der Waals surface area contributed by atoms with E-state index < -0.39 is 0 Å². The van der Waals surface area contributed by atoms with Crippen LogP contribution in [0.15, 0.2) is 24.3 Å². The molecule has 192 valence electrons. The van der Waals surface area contributed by atoms with E-state index in [0.29, 0.717) is 77.4 Å². The van der Waals surface area contributed by atoms with E-state index in [2.05, 4.69) is 6.92 Å². The predicted octanol–water partition coefficient (Wildman–Crippen LogP) is 2.87. The molecule has 0 saturated carbocycles. The Hall–Kier alpha value is -2.61. The summed E-state index contributed by atoms with van der Waals surface area (Å²) in [5.74, 6) is 0.756. The van der Waals surface area contributed by atoms with E-state index in [0.717, 1.165) is 18.4 Å². The highest BCUT2D eigenvalue weighted by molar-refractivity contribution is 5.86. The summed E-state index contributed by atoms with van der Waals surface area (Å²) in [5.41, 5.74) is 0.898. The van der Waals surface area contributed by atoms with E-state index in [1.807, 2.05) is 39.0 Å². The number of benzene rings is 1. The Balaban J connectivity index is 1.50. The zero-order chi connectivity index (χ0) is 24.8. The number of morpholine rings is 1. The number of hydrogen-bond donors (Lipinski definition) is 0. The van der Waals surface area contributed by atoms with Gasteiger partial charge in [-0.05, 0) is 31.7 Å². The molecular formula is C27H39N3O5. The van der Waals surface area contributed by atoms with E-state index in [1.54, 1.807) is 7.11 Å². The molecule has 8 heteroatoms. The van der Waals surface area contributed by atoms with Crippen molar-refractivity contribution >= 4 is 17.7 Å². The lowest BCUT2D eigenvalue weighted by Gasteiger charge is -2.44. The zero-order valence-electron chi connectivity index (χ0n) is 21.1. The normalized spacial score (nSPS) is 23.9. The van der Waals surface area contributed by atoms with Gasteiger partial charge < -0.3 is 24.2 Å². The smallest absolute Gasteiger partial charge is 0.228 e. The minimum atomic E-state index is -0.334. The van der Waals surface area contributed by atoms with Crippen LogP contribution in [-0.2, 0) is 19.1 Å². The van der Waals surface area contributed by atoms with Gasteiger partial charge in [-0.15, -0.1) is 0 Å². The number of methoxy groups -OCH3 is 1. The molecule has 3 aliphatic heterocycles. The average Bonchev–Trinajstić information content (AvgIpc) is 2.92. The minimum Gasteiger partial charge on any atom is -0.496 e. The van der Waals surface area contributed by atoms with E-state index in [1.165, 1.54) is 0 Å². The summed E-state index contributed by atoms with van der Waals surface area (Å²) in [6.07, 6.45) is 4.17. The molecule has 0 spiro atoms. The standard InChI is InChI=1S/C27H39N3O5/c1-3-4-13-30-24(31)10-9-22(25(30)21-7-5-6-8-23(21)34-2)27(33)28-14-11-20(12-15-28)26(32)29-16-18-35-19-17-29/h5-8,20,22,25H,3-4,9-19H2,1-2H3. The average molecular weight is 486 g/mol. The summed E-state index contributed by atoms with van der Waals surface area (Å²) < 4.78 is 11.0. The lowest BCUT2D eigenvalue weighted by Crippen LogP contribution is -2.52. The van der Waals surface area contributed by atoms with E-state index in [9.17, 15) is 14.4 Å². The fourth-order valence-electron chi connectivity index (χ4n) is 5.72. The van der Waals surface area contributed by atoms with Crippen LogP contribution in [0, 0.1) is 11.8 Å². The number of likely N-dealkylation sites (tertiary alicyclic amines) is 2. The van der Waals surface area contributed by atoms with Crippen molar-refractivity contribution in [2.45, 2.75) is 51.5 Å². The van der Waals surface area contributed by atoms with Crippen LogP contribution >= 0.6 is 0 Å². The van der Waals surface area contributed by atoms with E-state index in [4.69, 9.17) is 9.47 Å². The molecule has 2 unspecified atom stereocenters. The SMILES string of the molecule is CCCCN1C(=O)CCC(C(=O)N2CCC(C(=O)N3CCOCC3)CC2)C1c1ccccc1OC. The number of carbonyl (C=O) groups excluding carboxylic acids is 3. The molecule has 3 fully saturated rings. The highest BCUT2D eigenvalue weighted by atomic mass is 16.5. The maximum absolute atomic E-state index is 13.9. The molecule has 2 atom stereocenters. The molecule has 3 heterocycles. The summed E-state index contributed by atoms with van der Waals surface area (Å²) in [6, 6.07) is 7.40. The first-order chi connectivity index (χ1) is 17.0. The largest absolute Gasteiger partial charge is 0.496 e. The van der Waals surface area contributed by atoms with Gasteiger partial charge in [0.2, 0.25) is 17.7 Å². The molecule has 3 saturated heterocycles. The third-order valence-electron chi connectivity index (χ3n) is 7.71. The Morgan fingerprint density at radius 1 is 1.00 bits per heavy atom. The predicted molar refractivity (Wildman–Crippen MR) is 132 cm³/mol. The fraction of sp³-hybridized carbons (Fsp3) is 0.667. The molecule has 8 nitrogen and oxygen atoms in total. The number of carbonyl (C=O) groups is 3. The highest BCUT2D eigenvalue weighted by Crippen LogP contribution is 2.42. The summed E-state index contributed by atoms with van der Waals surface area (Å²) in [5, 5.41) is 0. The third kappa shape index (κ3) is 5.63. The van der Waals surface area contributed by atoms with Crippen LogP contribution in [0.25, 0.3) is 0 Å². The lowest BCUT2D eigenvalue weighted by atomic mass is 9.82. The van der Waals surface area contributed by atoms with Gasteiger partial charge in [0.1, 0.15) is 5.75 Å². The minimum absolute atomic E-state index is 0.0313. The van der Waals surface area contributed by atoms with Crippen molar-refractivity contribution in [1.29, 1.82) is 0 Å². The Kier molecular flexibility index (Phi) is 8.65. The van der Waals surface area contributed by atoms with Crippen molar-refractivity contribution in [3.05, 3.63) is 29.8 Å². The Labute approximate surface area is 208 Å².